The third kappa shape index (κ3) is 6.63. The van der Waals surface area contributed by atoms with Crippen LogP contribution < -0.4 is 10.2 Å². The van der Waals surface area contributed by atoms with Crippen LogP contribution in [0.15, 0.2) is 4.99 Å². The second-order valence-corrected chi connectivity index (χ2v) is 8.30. The fourth-order valence-corrected chi connectivity index (χ4v) is 4.65. The lowest BCUT2D eigenvalue weighted by Gasteiger charge is -2.39. The monoisotopic (exact) mass is 536 g/mol. The molecule has 0 aliphatic carbocycles. The number of nitrogens with one attached hydrogen (secondary N) is 1. The number of nitrogens with zero attached hydrogens (tertiary/aromatic N) is 7. The lowest BCUT2D eigenvalue weighted by atomic mass is 10.2. The summed E-state index contributed by atoms with van der Waals surface area (Å²) >= 11 is 1.52. The maximum atomic E-state index is 4.63. The summed E-state index contributed by atoms with van der Waals surface area (Å²) in [5.74, 6) is 1.97. The first-order valence-corrected chi connectivity index (χ1v) is 11.4. The molecule has 3 heterocycles. The van der Waals surface area contributed by atoms with Crippen LogP contribution in [0.4, 0.5) is 5.13 Å². The number of aliphatic imine (C=N–C) groups is 1. The number of guanidine groups is 1. The van der Waals surface area contributed by atoms with E-state index in [1.165, 1.54) is 24.6 Å². The Labute approximate surface area is 196 Å². The number of anilines is 1. The lowest BCUT2D eigenvalue weighted by molar-refractivity contribution is 0.107. The van der Waals surface area contributed by atoms with Gasteiger partial charge in [0.1, 0.15) is 5.82 Å². The van der Waals surface area contributed by atoms with Crippen molar-refractivity contribution in [3.05, 3.63) is 5.82 Å². The molecule has 3 rings (SSSR count). The molecule has 0 spiro atoms. The van der Waals surface area contributed by atoms with Crippen molar-refractivity contribution in [3.8, 4) is 0 Å². The van der Waals surface area contributed by atoms with Gasteiger partial charge in [0, 0.05) is 89.9 Å². The number of halogens is 1. The van der Waals surface area contributed by atoms with Gasteiger partial charge in [-0.05, 0) is 13.5 Å². The predicted octanol–water partition coefficient (Wildman–Crippen LogP) is 1.44. The average Bonchev–Trinajstić information content (AvgIpc) is 3.24. The fourth-order valence-electron chi connectivity index (χ4n) is 3.85. The summed E-state index contributed by atoms with van der Waals surface area (Å²) in [5, 5.41) is 4.66. The first kappa shape index (κ1) is 24.5. The van der Waals surface area contributed by atoms with Crippen LogP contribution in [0.25, 0.3) is 0 Å². The van der Waals surface area contributed by atoms with Crippen LogP contribution in [0.5, 0.6) is 0 Å². The van der Waals surface area contributed by atoms with Gasteiger partial charge in [-0.3, -0.25) is 9.89 Å². The van der Waals surface area contributed by atoms with Gasteiger partial charge in [-0.25, -0.2) is 4.98 Å². The number of hydrogen-bond acceptors (Lipinski definition) is 7. The minimum atomic E-state index is 0. The van der Waals surface area contributed by atoms with E-state index in [4.69, 9.17) is 0 Å². The summed E-state index contributed by atoms with van der Waals surface area (Å²) in [7, 11) is 1.89. The Morgan fingerprint density at radius 2 is 1.79 bits per heavy atom. The Kier molecular flexibility index (Phi) is 10.3. The Morgan fingerprint density at radius 3 is 2.34 bits per heavy atom. The molecular formula is C19H37IN8S. The SMILES string of the molecule is CCc1nsc(N2CCN(C(=NC)NCC(C)N3CCN(CC)CC3)CC2)n1.I. The Balaban J connectivity index is 0.00000300. The summed E-state index contributed by atoms with van der Waals surface area (Å²) in [5.41, 5.74) is 0. The van der Waals surface area contributed by atoms with Gasteiger partial charge in [0.15, 0.2) is 5.96 Å². The quantitative estimate of drug-likeness (QED) is 0.336. The van der Waals surface area contributed by atoms with E-state index in [1.807, 2.05) is 7.05 Å². The van der Waals surface area contributed by atoms with Crippen molar-refractivity contribution in [2.24, 2.45) is 4.99 Å². The summed E-state index contributed by atoms with van der Waals surface area (Å²) in [6, 6.07) is 0.519. The van der Waals surface area contributed by atoms with Crippen LogP contribution in [0.2, 0.25) is 0 Å². The van der Waals surface area contributed by atoms with Gasteiger partial charge in [0.05, 0.1) is 0 Å². The minimum Gasteiger partial charge on any atom is -0.355 e. The largest absolute Gasteiger partial charge is 0.355 e. The van der Waals surface area contributed by atoms with Gasteiger partial charge in [0.25, 0.3) is 0 Å². The number of aromatic nitrogens is 2. The molecule has 8 nitrogen and oxygen atoms in total. The number of likely N-dealkylation sites (N-methyl/N-ethyl adjacent to an activating group) is 1. The van der Waals surface area contributed by atoms with E-state index in [0.717, 1.165) is 75.7 Å². The molecule has 2 fully saturated rings. The highest BCUT2D eigenvalue weighted by atomic mass is 127. The molecule has 0 aromatic carbocycles. The van der Waals surface area contributed by atoms with E-state index < -0.39 is 0 Å². The summed E-state index contributed by atoms with van der Waals surface area (Å²) < 4.78 is 4.42. The molecule has 2 saturated heterocycles. The molecule has 2 aliphatic heterocycles. The Bertz CT molecular complexity index is 623. The van der Waals surface area contributed by atoms with Crippen molar-refractivity contribution in [2.75, 3.05) is 77.4 Å². The molecule has 0 bridgehead atoms. The van der Waals surface area contributed by atoms with Crippen molar-refractivity contribution in [1.29, 1.82) is 0 Å². The summed E-state index contributed by atoms with van der Waals surface area (Å²) in [6.45, 7) is 17.3. The molecule has 0 radical (unpaired) electrons. The van der Waals surface area contributed by atoms with Crippen LogP contribution in [0.1, 0.15) is 26.6 Å². The summed E-state index contributed by atoms with van der Waals surface area (Å²) in [6.07, 6.45) is 0.901. The first-order valence-electron chi connectivity index (χ1n) is 10.6. The van der Waals surface area contributed by atoms with E-state index in [-0.39, 0.29) is 24.0 Å². The predicted molar refractivity (Wildman–Crippen MR) is 133 cm³/mol. The molecule has 1 N–H and O–H groups in total. The van der Waals surface area contributed by atoms with Gasteiger partial charge in [-0.1, -0.05) is 13.8 Å². The van der Waals surface area contributed by atoms with E-state index in [9.17, 15) is 0 Å². The number of hydrogen-bond donors (Lipinski definition) is 1. The zero-order valence-electron chi connectivity index (χ0n) is 18.3. The van der Waals surface area contributed by atoms with E-state index in [1.54, 1.807) is 0 Å². The number of rotatable bonds is 6. The topological polar surface area (TPSA) is 63.1 Å². The molecule has 1 aromatic rings. The number of piperazine rings is 2. The minimum absolute atomic E-state index is 0. The highest BCUT2D eigenvalue weighted by Crippen LogP contribution is 2.19. The molecule has 29 heavy (non-hydrogen) atoms. The van der Waals surface area contributed by atoms with Crippen LogP contribution >= 0.6 is 35.5 Å². The van der Waals surface area contributed by atoms with Crippen molar-refractivity contribution < 1.29 is 0 Å². The molecule has 2 aliphatic rings. The molecule has 166 valence electrons. The molecule has 0 saturated carbocycles. The first-order chi connectivity index (χ1) is 13.6. The highest BCUT2D eigenvalue weighted by Gasteiger charge is 2.24. The molecule has 0 amide bonds. The zero-order valence-corrected chi connectivity index (χ0v) is 21.4. The second kappa shape index (κ2) is 12.2. The third-order valence-electron chi connectivity index (χ3n) is 5.87. The summed E-state index contributed by atoms with van der Waals surface area (Å²) in [4.78, 5) is 19.0. The van der Waals surface area contributed by atoms with Gasteiger partial charge in [-0.2, -0.15) is 4.37 Å². The third-order valence-corrected chi connectivity index (χ3v) is 6.68. The van der Waals surface area contributed by atoms with E-state index in [2.05, 4.69) is 60.0 Å². The van der Waals surface area contributed by atoms with Crippen LogP contribution in [-0.2, 0) is 6.42 Å². The van der Waals surface area contributed by atoms with Crippen molar-refractivity contribution in [3.63, 3.8) is 0 Å². The number of aryl methyl sites for hydroxylation is 1. The average molecular weight is 537 g/mol. The van der Waals surface area contributed by atoms with Gasteiger partial charge in [-0.15, -0.1) is 24.0 Å². The second-order valence-electron chi connectivity index (χ2n) is 7.57. The maximum absolute atomic E-state index is 4.63. The smallest absolute Gasteiger partial charge is 0.205 e. The normalized spacial score (nSPS) is 20.5. The Morgan fingerprint density at radius 1 is 1.10 bits per heavy atom. The van der Waals surface area contributed by atoms with E-state index in [0.29, 0.717) is 6.04 Å². The molecule has 1 aromatic heterocycles. The standard InChI is InChI=1S/C19H36N8S.HI/c1-5-17-22-19(28-23-17)27-13-11-26(12-14-27)18(20-4)21-15-16(3)25-9-7-24(6-2)8-10-25;/h16H,5-15H2,1-4H3,(H,20,21);1H. The van der Waals surface area contributed by atoms with Gasteiger partial charge in [0.2, 0.25) is 5.13 Å². The molecular weight excluding hydrogens is 499 g/mol. The van der Waals surface area contributed by atoms with Crippen LogP contribution in [0.3, 0.4) is 0 Å². The van der Waals surface area contributed by atoms with Crippen LogP contribution in [0, 0.1) is 0 Å². The molecule has 1 unspecified atom stereocenters. The van der Waals surface area contributed by atoms with Gasteiger partial charge >= 0.3 is 0 Å². The molecule has 1 atom stereocenters. The highest BCUT2D eigenvalue weighted by molar-refractivity contribution is 14.0. The van der Waals surface area contributed by atoms with Crippen molar-refractivity contribution >= 4 is 46.6 Å². The lowest BCUT2D eigenvalue weighted by Crippen LogP contribution is -2.56. The molecule has 10 heteroatoms. The zero-order chi connectivity index (χ0) is 19.9. The van der Waals surface area contributed by atoms with Gasteiger partial charge < -0.3 is 20.0 Å². The maximum Gasteiger partial charge on any atom is 0.205 e. The van der Waals surface area contributed by atoms with Crippen molar-refractivity contribution in [1.82, 2.24) is 29.4 Å². The fraction of sp³-hybridized carbons (Fsp3) is 0.842. The van der Waals surface area contributed by atoms with Crippen molar-refractivity contribution in [2.45, 2.75) is 33.2 Å². The van der Waals surface area contributed by atoms with Crippen LogP contribution in [-0.4, -0.2) is 109 Å². The van der Waals surface area contributed by atoms with E-state index >= 15 is 0 Å². The Hall–Kier alpha value is -0.720.